The van der Waals surface area contributed by atoms with Crippen molar-refractivity contribution in [2.24, 2.45) is 0 Å². The molecule has 0 spiro atoms. The van der Waals surface area contributed by atoms with E-state index in [1.54, 1.807) is 21.1 Å². The van der Waals surface area contributed by atoms with E-state index >= 15 is 0 Å². The molecule has 1 atom stereocenters. The van der Waals surface area contributed by atoms with Gasteiger partial charge in [-0.3, -0.25) is 15.0 Å². The number of imide groups is 1. The SMILES string of the molecule is CNC(=O)NC(=O)C(C)N(C)CCOc1ccc(OC)cc1. The molecule has 2 N–H and O–H groups in total. The Morgan fingerprint density at radius 3 is 2.36 bits per heavy atom. The zero-order valence-corrected chi connectivity index (χ0v) is 13.4. The molecule has 1 aromatic carbocycles. The van der Waals surface area contributed by atoms with E-state index < -0.39 is 12.1 Å². The van der Waals surface area contributed by atoms with E-state index in [4.69, 9.17) is 9.47 Å². The summed E-state index contributed by atoms with van der Waals surface area (Å²) in [4.78, 5) is 24.7. The van der Waals surface area contributed by atoms with Crippen LogP contribution in [0.5, 0.6) is 11.5 Å². The molecule has 7 nitrogen and oxygen atoms in total. The predicted molar refractivity (Wildman–Crippen MR) is 83.2 cm³/mol. The molecule has 22 heavy (non-hydrogen) atoms. The van der Waals surface area contributed by atoms with Crippen molar-refractivity contribution in [3.8, 4) is 11.5 Å². The zero-order chi connectivity index (χ0) is 16.5. The number of benzene rings is 1. The molecule has 1 rings (SSSR count). The lowest BCUT2D eigenvalue weighted by molar-refractivity contribution is -0.124. The number of urea groups is 1. The number of rotatable bonds is 7. The van der Waals surface area contributed by atoms with Crippen LogP contribution in [-0.4, -0.2) is 57.2 Å². The fourth-order valence-corrected chi connectivity index (χ4v) is 1.65. The summed E-state index contributed by atoms with van der Waals surface area (Å²) in [6.07, 6.45) is 0. The zero-order valence-electron chi connectivity index (χ0n) is 13.4. The Balaban J connectivity index is 2.36. The normalized spacial score (nSPS) is 11.7. The van der Waals surface area contributed by atoms with Crippen LogP contribution in [0.2, 0.25) is 0 Å². The van der Waals surface area contributed by atoms with Crippen LogP contribution in [0.1, 0.15) is 6.92 Å². The van der Waals surface area contributed by atoms with Gasteiger partial charge in [-0.1, -0.05) is 0 Å². The molecule has 1 aromatic rings. The molecule has 0 aliphatic heterocycles. The number of carbonyl (C=O) groups is 2. The highest BCUT2D eigenvalue weighted by Gasteiger charge is 2.19. The summed E-state index contributed by atoms with van der Waals surface area (Å²) < 4.78 is 10.7. The van der Waals surface area contributed by atoms with Crippen molar-refractivity contribution in [3.05, 3.63) is 24.3 Å². The number of ether oxygens (including phenoxy) is 2. The number of amides is 3. The first kappa shape index (κ1) is 17.8. The van der Waals surface area contributed by atoms with Crippen molar-refractivity contribution in [3.63, 3.8) is 0 Å². The molecule has 0 saturated carbocycles. The third-order valence-electron chi connectivity index (χ3n) is 3.28. The highest BCUT2D eigenvalue weighted by atomic mass is 16.5. The third-order valence-corrected chi connectivity index (χ3v) is 3.28. The van der Waals surface area contributed by atoms with E-state index in [9.17, 15) is 9.59 Å². The van der Waals surface area contributed by atoms with Crippen LogP contribution in [0.25, 0.3) is 0 Å². The number of hydrogen-bond donors (Lipinski definition) is 2. The van der Waals surface area contributed by atoms with Crippen LogP contribution in [0.3, 0.4) is 0 Å². The van der Waals surface area contributed by atoms with Gasteiger partial charge < -0.3 is 14.8 Å². The topological polar surface area (TPSA) is 79.9 Å². The highest BCUT2D eigenvalue weighted by molar-refractivity contribution is 5.96. The number of nitrogens with zero attached hydrogens (tertiary/aromatic N) is 1. The Morgan fingerprint density at radius 1 is 1.23 bits per heavy atom. The largest absolute Gasteiger partial charge is 0.497 e. The van der Waals surface area contributed by atoms with E-state index in [2.05, 4.69) is 10.6 Å². The monoisotopic (exact) mass is 309 g/mol. The average molecular weight is 309 g/mol. The maximum Gasteiger partial charge on any atom is 0.321 e. The second-order valence-electron chi connectivity index (χ2n) is 4.75. The van der Waals surface area contributed by atoms with E-state index in [-0.39, 0.29) is 5.91 Å². The first-order valence-electron chi connectivity index (χ1n) is 6.97. The molecule has 0 saturated heterocycles. The molecule has 0 bridgehead atoms. The van der Waals surface area contributed by atoms with Gasteiger partial charge >= 0.3 is 6.03 Å². The average Bonchev–Trinajstić information content (AvgIpc) is 2.54. The standard InChI is InChI=1S/C15H23N3O4/c1-11(14(19)17-15(20)16-2)18(3)9-10-22-13-7-5-12(21-4)6-8-13/h5-8,11H,9-10H2,1-4H3,(H2,16,17,19,20). The van der Waals surface area contributed by atoms with Crippen molar-refractivity contribution >= 4 is 11.9 Å². The summed E-state index contributed by atoms with van der Waals surface area (Å²) in [6, 6.07) is 6.33. The first-order valence-corrected chi connectivity index (χ1v) is 6.97. The van der Waals surface area contributed by atoms with Gasteiger partial charge in [-0.05, 0) is 38.2 Å². The van der Waals surface area contributed by atoms with Gasteiger partial charge in [0.15, 0.2) is 0 Å². The minimum absolute atomic E-state index is 0.355. The highest BCUT2D eigenvalue weighted by Crippen LogP contribution is 2.16. The minimum atomic E-state index is -0.514. The molecule has 122 valence electrons. The summed E-state index contributed by atoms with van der Waals surface area (Å²) >= 11 is 0. The summed E-state index contributed by atoms with van der Waals surface area (Å²) in [5.41, 5.74) is 0. The van der Waals surface area contributed by atoms with Crippen LogP contribution < -0.4 is 20.1 Å². The lowest BCUT2D eigenvalue weighted by atomic mass is 10.3. The van der Waals surface area contributed by atoms with Gasteiger partial charge in [0.1, 0.15) is 18.1 Å². The van der Waals surface area contributed by atoms with Gasteiger partial charge in [0.2, 0.25) is 5.91 Å². The lowest BCUT2D eigenvalue weighted by Gasteiger charge is -2.23. The van der Waals surface area contributed by atoms with E-state index in [1.165, 1.54) is 7.05 Å². The van der Waals surface area contributed by atoms with Crippen LogP contribution in [0.15, 0.2) is 24.3 Å². The Labute approximate surface area is 130 Å². The maximum atomic E-state index is 11.8. The molecular formula is C15H23N3O4. The number of carbonyl (C=O) groups excluding carboxylic acids is 2. The number of methoxy groups -OCH3 is 1. The maximum absolute atomic E-state index is 11.8. The molecule has 0 heterocycles. The van der Waals surface area contributed by atoms with Gasteiger partial charge in [-0.25, -0.2) is 4.79 Å². The van der Waals surface area contributed by atoms with Crippen molar-refractivity contribution in [2.45, 2.75) is 13.0 Å². The predicted octanol–water partition coefficient (Wildman–Crippen LogP) is 0.850. The minimum Gasteiger partial charge on any atom is -0.497 e. The molecule has 1 unspecified atom stereocenters. The smallest absolute Gasteiger partial charge is 0.321 e. The van der Waals surface area contributed by atoms with Gasteiger partial charge in [-0.15, -0.1) is 0 Å². The lowest BCUT2D eigenvalue weighted by Crippen LogP contribution is -2.48. The van der Waals surface area contributed by atoms with Crippen molar-refractivity contribution in [1.29, 1.82) is 0 Å². The van der Waals surface area contributed by atoms with Gasteiger partial charge in [0.05, 0.1) is 13.2 Å². The fourth-order valence-electron chi connectivity index (χ4n) is 1.65. The number of nitrogens with one attached hydrogen (secondary N) is 2. The summed E-state index contributed by atoms with van der Waals surface area (Å²) in [5, 5.41) is 4.59. The van der Waals surface area contributed by atoms with E-state index in [1.807, 2.05) is 29.2 Å². The number of likely N-dealkylation sites (N-methyl/N-ethyl adjacent to an activating group) is 1. The second-order valence-corrected chi connectivity index (χ2v) is 4.75. The summed E-state index contributed by atoms with van der Waals surface area (Å²) in [5.74, 6) is 1.15. The van der Waals surface area contributed by atoms with Gasteiger partial charge in [-0.2, -0.15) is 0 Å². The van der Waals surface area contributed by atoms with Crippen LogP contribution in [-0.2, 0) is 4.79 Å². The van der Waals surface area contributed by atoms with Crippen LogP contribution >= 0.6 is 0 Å². The molecule has 0 radical (unpaired) electrons. The fraction of sp³-hybridized carbons (Fsp3) is 0.467. The number of hydrogen-bond acceptors (Lipinski definition) is 5. The molecule has 3 amide bonds. The summed E-state index contributed by atoms with van der Waals surface area (Å²) in [7, 11) is 4.86. The second kappa shape index (κ2) is 8.89. The van der Waals surface area contributed by atoms with Crippen molar-refractivity contribution < 1.29 is 19.1 Å². The van der Waals surface area contributed by atoms with Crippen molar-refractivity contribution in [1.82, 2.24) is 15.5 Å². The molecule has 7 heteroatoms. The molecule has 0 aliphatic rings. The van der Waals surface area contributed by atoms with Crippen LogP contribution in [0.4, 0.5) is 4.79 Å². The Kier molecular flexibility index (Phi) is 7.18. The van der Waals surface area contributed by atoms with E-state index in [0.717, 1.165) is 11.5 Å². The molecule has 0 fully saturated rings. The quantitative estimate of drug-likeness (QED) is 0.780. The van der Waals surface area contributed by atoms with Crippen LogP contribution in [0, 0.1) is 0 Å². The van der Waals surface area contributed by atoms with Crippen molar-refractivity contribution in [2.75, 3.05) is 34.4 Å². The Bertz CT molecular complexity index is 490. The molecule has 0 aromatic heterocycles. The Morgan fingerprint density at radius 2 is 1.82 bits per heavy atom. The first-order chi connectivity index (χ1) is 10.5. The molecular weight excluding hydrogens is 286 g/mol. The third kappa shape index (κ3) is 5.61. The molecule has 0 aliphatic carbocycles. The summed E-state index contributed by atoms with van der Waals surface area (Å²) in [6.45, 7) is 2.71. The van der Waals surface area contributed by atoms with Gasteiger partial charge in [0, 0.05) is 13.6 Å². The van der Waals surface area contributed by atoms with E-state index in [0.29, 0.717) is 13.2 Å². The van der Waals surface area contributed by atoms with Gasteiger partial charge in [0.25, 0.3) is 0 Å². The Hall–Kier alpha value is -2.28.